The Morgan fingerprint density at radius 2 is 1.88 bits per heavy atom. The SMILES string of the molecule is CCN(CC(=O)NCC(F)(F)F)CC(=O)Nc1cccc(OC)c1. The van der Waals surface area contributed by atoms with Crippen molar-refractivity contribution in [2.45, 2.75) is 13.1 Å². The fraction of sp³-hybridized carbons (Fsp3) is 0.467. The van der Waals surface area contributed by atoms with Crippen LogP contribution in [0.25, 0.3) is 0 Å². The maximum atomic E-state index is 12.0. The number of hydrogen-bond donors (Lipinski definition) is 2. The average molecular weight is 347 g/mol. The van der Waals surface area contributed by atoms with E-state index in [2.05, 4.69) is 5.32 Å². The number of methoxy groups -OCH3 is 1. The van der Waals surface area contributed by atoms with Crippen LogP contribution in [0.15, 0.2) is 24.3 Å². The van der Waals surface area contributed by atoms with Crippen molar-refractivity contribution in [1.82, 2.24) is 10.2 Å². The molecule has 1 aromatic carbocycles. The second-order valence-corrected chi connectivity index (χ2v) is 4.98. The first-order valence-electron chi connectivity index (χ1n) is 7.23. The highest BCUT2D eigenvalue weighted by atomic mass is 19.4. The average Bonchev–Trinajstić information content (AvgIpc) is 2.51. The van der Waals surface area contributed by atoms with Gasteiger partial charge in [0.1, 0.15) is 12.3 Å². The van der Waals surface area contributed by atoms with Crippen LogP contribution in [0, 0.1) is 0 Å². The first-order chi connectivity index (χ1) is 11.2. The molecule has 0 spiro atoms. The van der Waals surface area contributed by atoms with Gasteiger partial charge in [-0.25, -0.2) is 0 Å². The van der Waals surface area contributed by atoms with Crippen LogP contribution in [0.1, 0.15) is 6.92 Å². The zero-order valence-corrected chi connectivity index (χ0v) is 13.4. The van der Waals surface area contributed by atoms with Crippen molar-refractivity contribution in [3.8, 4) is 5.75 Å². The minimum absolute atomic E-state index is 0.118. The lowest BCUT2D eigenvalue weighted by Gasteiger charge is -2.19. The van der Waals surface area contributed by atoms with E-state index in [1.54, 1.807) is 36.5 Å². The van der Waals surface area contributed by atoms with Gasteiger partial charge >= 0.3 is 6.18 Å². The monoisotopic (exact) mass is 347 g/mol. The van der Waals surface area contributed by atoms with Gasteiger partial charge in [-0.2, -0.15) is 13.2 Å². The first kappa shape index (κ1) is 19.8. The first-order valence-corrected chi connectivity index (χ1v) is 7.23. The second kappa shape index (κ2) is 9.11. The summed E-state index contributed by atoms with van der Waals surface area (Å²) in [6, 6.07) is 6.73. The number of carbonyl (C=O) groups excluding carboxylic acids is 2. The molecule has 0 saturated carbocycles. The van der Waals surface area contributed by atoms with E-state index in [4.69, 9.17) is 4.74 Å². The predicted octanol–water partition coefficient (Wildman–Crippen LogP) is 1.63. The van der Waals surface area contributed by atoms with Gasteiger partial charge in [0, 0.05) is 11.8 Å². The normalized spacial score (nSPS) is 11.2. The Bertz CT molecular complexity index is 564. The number of halogens is 3. The molecule has 0 radical (unpaired) electrons. The highest BCUT2D eigenvalue weighted by Crippen LogP contribution is 2.16. The summed E-state index contributed by atoms with van der Waals surface area (Å²) in [6.45, 7) is 0.242. The summed E-state index contributed by atoms with van der Waals surface area (Å²) in [5.74, 6) is -0.594. The topological polar surface area (TPSA) is 70.7 Å². The molecule has 0 saturated heterocycles. The lowest BCUT2D eigenvalue weighted by molar-refractivity contribution is -0.139. The zero-order valence-electron chi connectivity index (χ0n) is 13.4. The number of nitrogens with zero attached hydrogens (tertiary/aromatic N) is 1. The smallest absolute Gasteiger partial charge is 0.405 e. The summed E-state index contributed by atoms with van der Waals surface area (Å²) in [6.07, 6.45) is -4.46. The van der Waals surface area contributed by atoms with Crippen molar-refractivity contribution >= 4 is 17.5 Å². The van der Waals surface area contributed by atoms with E-state index in [1.807, 2.05) is 0 Å². The fourth-order valence-electron chi connectivity index (χ4n) is 1.84. The quantitative estimate of drug-likeness (QED) is 0.750. The zero-order chi connectivity index (χ0) is 18.2. The molecule has 0 unspecified atom stereocenters. The van der Waals surface area contributed by atoms with Crippen LogP contribution in [-0.4, -0.2) is 56.2 Å². The standard InChI is InChI=1S/C15H20F3N3O3/c1-3-21(8-13(22)19-10-15(16,17)18)9-14(23)20-11-5-4-6-12(7-11)24-2/h4-7H,3,8-10H2,1-2H3,(H,19,22)(H,20,23). The number of anilines is 1. The number of nitrogens with one attached hydrogen (secondary N) is 2. The molecule has 0 atom stereocenters. The molecule has 24 heavy (non-hydrogen) atoms. The number of likely N-dealkylation sites (N-methyl/N-ethyl adjacent to an activating group) is 1. The molecule has 2 amide bonds. The molecule has 2 N–H and O–H groups in total. The molecule has 0 aliphatic rings. The fourth-order valence-corrected chi connectivity index (χ4v) is 1.84. The van der Waals surface area contributed by atoms with E-state index in [1.165, 1.54) is 12.0 Å². The van der Waals surface area contributed by atoms with Gasteiger partial charge in [0.25, 0.3) is 0 Å². The van der Waals surface area contributed by atoms with Gasteiger partial charge in [0.2, 0.25) is 11.8 Å². The Hall–Kier alpha value is -2.29. The molecule has 0 aliphatic heterocycles. The summed E-state index contributed by atoms with van der Waals surface area (Å²) in [4.78, 5) is 24.9. The Morgan fingerprint density at radius 3 is 2.46 bits per heavy atom. The van der Waals surface area contributed by atoms with Crippen molar-refractivity contribution in [1.29, 1.82) is 0 Å². The van der Waals surface area contributed by atoms with Crippen LogP contribution >= 0.6 is 0 Å². The molecule has 134 valence electrons. The van der Waals surface area contributed by atoms with Crippen molar-refractivity contribution < 1.29 is 27.5 Å². The van der Waals surface area contributed by atoms with Gasteiger partial charge < -0.3 is 15.4 Å². The third-order valence-electron chi connectivity index (χ3n) is 3.02. The van der Waals surface area contributed by atoms with Crippen LogP contribution in [-0.2, 0) is 9.59 Å². The third-order valence-corrected chi connectivity index (χ3v) is 3.02. The van der Waals surface area contributed by atoms with E-state index < -0.39 is 18.6 Å². The summed E-state index contributed by atoms with van der Waals surface area (Å²) in [5.41, 5.74) is 0.525. The number of ether oxygens (including phenoxy) is 1. The number of rotatable bonds is 8. The van der Waals surface area contributed by atoms with E-state index in [-0.39, 0.29) is 19.0 Å². The Labute approximate surface area is 138 Å². The molecule has 0 fully saturated rings. The highest BCUT2D eigenvalue weighted by molar-refractivity contribution is 5.92. The van der Waals surface area contributed by atoms with Crippen LogP contribution < -0.4 is 15.4 Å². The van der Waals surface area contributed by atoms with Crippen LogP contribution in [0.2, 0.25) is 0 Å². The van der Waals surface area contributed by atoms with Crippen molar-refractivity contribution in [2.75, 3.05) is 38.6 Å². The van der Waals surface area contributed by atoms with Crippen molar-refractivity contribution in [3.63, 3.8) is 0 Å². The highest BCUT2D eigenvalue weighted by Gasteiger charge is 2.28. The van der Waals surface area contributed by atoms with Crippen LogP contribution in [0.5, 0.6) is 5.75 Å². The lowest BCUT2D eigenvalue weighted by atomic mass is 10.3. The number of alkyl halides is 3. The Balaban J connectivity index is 2.48. The maximum absolute atomic E-state index is 12.0. The number of benzene rings is 1. The molecule has 1 aromatic rings. The van der Waals surface area contributed by atoms with E-state index >= 15 is 0 Å². The van der Waals surface area contributed by atoms with Crippen molar-refractivity contribution in [2.24, 2.45) is 0 Å². The van der Waals surface area contributed by atoms with Gasteiger partial charge in [-0.3, -0.25) is 14.5 Å². The molecule has 1 rings (SSSR count). The maximum Gasteiger partial charge on any atom is 0.405 e. The molecular weight excluding hydrogens is 327 g/mol. The molecular formula is C15H20F3N3O3. The lowest BCUT2D eigenvalue weighted by Crippen LogP contribution is -2.43. The van der Waals surface area contributed by atoms with Gasteiger partial charge in [-0.1, -0.05) is 13.0 Å². The van der Waals surface area contributed by atoms with E-state index in [0.717, 1.165) is 0 Å². The second-order valence-electron chi connectivity index (χ2n) is 4.98. The molecule has 0 bridgehead atoms. The largest absolute Gasteiger partial charge is 0.497 e. The summed E-state index contributed by atoms with van der Waals surface area (Å²) in [7, 11) is 1.50. The summed E-state index contributed by atoms with van der Waals surface area (Å²) in [5, 5.41) is 4.41. The molecule has 0 aromatic heterocycles. The van der Waals surface area contributed by atoms with Gasteiger partial charge in [-0.05, 0) is 18.7 Å². The Kier molecular flexibility index (Phi) is 7.50. The molecule has 0 aliphatic carbocycles. The molecule has 0 heterocycles. The number of amides is 2. The summed E-state index contributed by atoms with van der Waals surface area (Å²) < 4.78 is 41.2. The Morgan fingerprint density at radius 1 is 1.21 bits per heavy atom. The number of hydrogen-bond acceptors (Lipinski definition) is 4. The minimum Gasteiger partial charge on any atom is -0.497 e. The molecule has 9 heteroatoms. The third kappa shape index (κ3) is 7.82. The number of carbonyl (C=O) groups is 2. The van der Waals surface area contributed by atoms with Crippen LogP contribution in [0.4, 0.5) is 18.9 Å². The summed E-state index contributed by atoms with van der Waals surface area (Å²) >= 11 is 0. The van der Waals surface area contributed by atoms with E-state index in [0.29, 0.717) is 18.0 Å². The predicted molar refractivity (Wildman–Crippen MR) is 82.8 cm³/mol. The minimum atomic E-state index is -4.46. The van der Waals surface area contributed by atoms with Crippen molar-refractivity contribution in [3.05, 3.63) is 24.3 Å². The van der Waals surface area contributed by atoms with Gasteiger partial charge in [0.15, 0.2) is 0 Å². The van der Waals surface area contributed by atoms with Crippen LogP contribution in [0.3, 0.4) is 0 Å². The molecule has 6 nitrogen and oxygen atoms in total. The van der Waals surface area contributed by atoms with Gasteiger partial charge in [-0.15, -0.1) is 0 Å². The van der Waals surface area contributed by atoms with E-state index in [9.17, 15) is 22.8 Å². The van der Waals surface area contributed by atoms with Gasteiger partial charge in [0.05, 0.1) is 20.2 Å².